The number of nitrogens with zero attached hydrogens (tertiary/aromatic N) is 1. The zero-order valence-corrected chi connectivity index (χ0v) is 11.1. The summed E-state index contributed by atoms with van der Waals surface area (Å²) in [7, 11) is 3.77. The van der Waals surface area contributed by atoms with E-state index in [0.29, 0.717) is 5.78 Å². The van der Waals surface area contributed by atoms with Crippen LogP contribution in [0, 0.1) is 11.3 Å². The Balaban J connectivity index is 2.44. The van der Waals surface area contributed by atoms with Gasteiger partial charge < -0.3 is 9.64 Å². The van der Waals surface area contributed by atoms with Gasteiger partial charge in [0, 0.05) is 31.5 Å². The largest absolute Gasteiger partial charge is 0.383 e. The number of carbonyl (C=O) groups excluding carboxylic acids is 1. The predicted octanol–water partition coefficient (Wildman–Crippen LogP) is 1.96. The number of carbonyl (C=O) groups is 1. The highest BCUT2D eigenvalue weighted by molar-refractivity contribution is 5.87. The van der Waals surface area contributed by atoms with Crippen molar-refractivity contribution >= 4 is 5.78 Å². The highest BCUT2D eigenvalue weighted by Gasteiger charge is 2.37. The average Bonchev–Trinajstić information content (AvgIpc) is 2.22. The van der Waals surface area contributed by atoms with Crippen LogP contribution in [0.1, 0.15) is 33.1 Å². The number of ketones is 1. The minimum Gasteiger partial charge on any atom is -0.383 e. The molecule has 0 spiro atoms. The third-order valence-electron chi connectivity index (χ3n) is 3.60. The van der Waals surface area contributed by atoms with Crippen LogP contribution in [0.4, 0.5) is 0 Å². The van der Waals surface area contributed by atoms with E-state index >= 15 is 0 Å². The maximum atomic E-state index is 12.2. The van der Waals surface area contributed by atoms with Crippen LogP contribution in [-0.2, 0) is 9.53 Å². The number of rotatable bonds is 5. The Kier molecular flexibility index (Phi) is 4.93. The second-order valence-corrected chi connectivity index (χ2v) is 5.59. The summed E-state index contributed by atoms with van der Waals surface area (Å²) in [4.78, 5) is 14.4. The summed E-state index contributed by atoms with van der Waals surface area (Å²) in [6, 6.07) is 0. The molecule has 1 atom stereocenters. The maximum Gasteiger partial charge on any atom is 0.142 e. The topological polar surface area (TPSA) is 29.5 Å². The lowest BCUT2D eigenvalue weighted by Gasteiger charge is -2.35. The molecule has 1 saturated carbocycles. The lowest BCUT2D eigenvalue weighted by molar-refractivity contribution is -0.134. The molecule has 3 heteroatoms. The Morgan fingerprint density at radius 3 is 2.81 bits per heavy atom. The van der Waals surface area contributed by atoms with Crippen LogP contribution in [0.2, 0.25) is 0 Å². The number of methoxy groups -OCH3 is 1. The molecule has 1 unspecified atom stereocenters. The fourth-order valence-corrected chi connectivity index (χ4v) is 2.49. The SMILES string of the molecule is COCCN(C)CC1CCCC(C)(C)C1=O. The van der Waals surface area contributed by atoms with Crippen molar-refractivity contribution < 1.29 is 9.53 Å². The molecule has 16 heavy (non-hydrogen) atoms. The zero-order chi connectivity index (χ0) is 12.2. The highest BCUT2D eigenvalue weighted by atomic mass is 16.5. The quantitative estimate of drug-likeness (QED) is 0.719. The van der Waals surface area contributed by atoms with Gasteiger partial charge in [0.15, 0.2) is 0 Å². The van der Waals surface area contributed by atoms with Gasteiger partial charge >= 0.3 is 0 Å². The Morgan fingerprint density at radius 2 is 2.19 bits per heavy atom. The molecule has 0 aliphatic heterocycles. The molecular weight excluding hydrogens is 202 g/mol. The van der Waals surface area contributed by atoms with E-state index in [1.807, 2.05) is 0 Å². The van der Waals surface area contributed by atoms with Crippen LogP contribution < -0.4 is 0 Å². The van der Waals surface area contributed by atoms with E-state index in [2.05, 4.69) is 25.8 Å². The van der Waals surface area contributed by atoms with Crippen molar-refractivity contribution in [1.29, 1.82) is 0 Å². The van der Waals surface area contributed by atoms with Gasteiger partial charge in [-0.25, -0.2) is 0 Å². The molecule has 3 nitrogen and oxygen atoms in total. The smallest absolute Gasteiger partial charge is 0.142 e. The number of Topliss-reactive ketones (excluding diaryl/α,β-unsaturated/α-hetero) is 1. The summed E-state index contributed by atoms with van der Waals surface area (Å²) in [5.74, 6) is 0.675. The van der Waals surface area contributed by atoms with Crippen LogP contribution in [0.15, 0.2) is 0 Å². The fourth-order valence-electron chi connectivity index (χ4n) is 2.49. The van der Waals surface area contributed by atoms with E-state index in [9.17, 15) is 4.79 Å². The third kappa shape index (κ3) is 3.56. The van der Waals surface area contributed by atoms with Gasteiger partial charge in [0.1, 0.15) is 5.78 Å². The minimum absolute atomic E-state index is 0.106. The average molecular weight is 227 g/mol. The van der Waals surface area contributed by atoms with Gasteiger partial charge in [-0.05, 0) is 19.9 Å². The second kappa shape index (κ2) is 5.78. The van der Waals surface area contributed by atoms with Gasteiger partial charge in [-0.3, -0.25) is 4.79 Å². The number of ether oxygens (including phenoxy) is 1. The molecular formula is C13H25NO2. The van der Waals surface area contributed by atoms with Crippen LogP contribution in [-0.4, -0.2) is 44.5 Å². The van der Waals surface area contributed by atoms with Gasteiger partial charge in [-0.2, -0.15) is 0 Å². The molecule has 0 radical (unpaired) electrons. The van der Waals surface area contributed by atoms with Crippen molar-refractivity contribution in [2.75, 3.05) is 33.9 Å². The Morgan fingerprint density at radius 1 is 1.50 bits per heavy atom. The van der Waals surface area contributed by atoms with Crippen molar-refractivity contribution in [2.45, 2.75) is 33.1 Å². The van der Waals surface area contributed by atoms with Crippen LogP contribution in [0.5, 0.6) is 0 Å². The molecule has 1 fully saturated rings. The van der Waals surface area contributed by atoms with Crippen molar-refractivity contribution in [3.8, 4) is 0 Å². The first-order valence-electron chi connectivity index (χ1n) is 6.19. The van der Waals surface area contributed by atoms with E-state index in [-0.39, 0.29) is 11.3 Å². The summed E-state index contributed by atoms with van der Waals surface area (Å²) in [5, 5.41) is 0. The Labute approximate surface area is 99.1 Å². The minimum atomic E-state index is -0.106. The molecule has 0 bridgehead atoms. The molecule has 0 N–H and O–H groups in total. The second-order valence-electron chi connectivity index (χ2n) is 5.59. The van der Waals surface area contributed by atoms with Crippen molar-refractivity contribution in [1.82, 2.24) is 4.90 Å². The lowest BCUT2D eigenvalue weighted by atomic mass is 9.71. The van der Waals surface area contributed by atoms with Crippen molar-refractivity contribution in [2.24, 2.45) is 11.3 Å². The normalized spacial score (nSPS) is 25.1. The van der Waals surface area contributed by atoms with Gasteiger partial charge in [-0.15, -0.1) is 0 Å². The number of hydrogen-bond acceptors (Lipinski definition) is 3. The van der Waals surface area contributed by atoms with Crippen molar-refractivity contribution in [3.05, 3.63) is 0 Å². The van der Waals surface area contributed by atoms with E-state index in [4.69, 9.17) is 4.74 Å². The Hall–Kier alpha value is -0.410. The fraction of sp³-hybridized carbons (Fsp3) is 0.923. The maximum absolute atomic E-state index is 12.2. The monoisotopic (exact) mass is 227 g/mol. The van der Waals surface area contributed by atoms with E-state index in [0.717, 1.165) is 32.5 Å². The van der Waals surface area contributed by atoms with Crippen LogP contribution >= 0.6 is 0 Å². The summed E-state index contributed by atoms with van der Waals surface area (Å²) < 4.78 is 5.04. The van der Waals surface area contributed by atoms with Gasteiger partial charge in [0.2, 0.25) is 0 Å². The summed E-state index contributed by atoms with van der Waals surface area (Å²) in [6.07, 6.45) is 3.28. The van der Waals surface area contributed by atoms with Crippen LogP contribution in [0.3, 0.4) is 0 Å². The zero-order valence-electron chi connectivity index (χ0n) is 11.1. The first kappa shape index (κ1) is 13.7. The molecule has 0 amide bonds. The van der Waals surface area contributed by atoms with E-state index < -0.39 is 0 Å². The predicted molar refractivity (Wildman–Crippen MR) is 65.5 cm³/mol. The standard InChI is InChI=1S/C13H25NO2/c1-13(2)7-5-6-11(12(13)15)10-14(3)8-9-16-4/h11H,5-10H2,1-4H3. The number of likely N-dealkylation sites (N-methyl/N-ethyl adjacent to an activating group) is 1. The summed E-state index contributed by atoms with van der Waals surface area (Å²) >= 11 is 0. The lowest BCUT2D eigenvalue weighted by Crippen LogP contribution is -2.41. The van der Waals surface area contributed by atoms with Crippen LogP contribution in [0.25, 0.3) is 0 Å². The molecule has 1 aliphatic carbocycles. The van der Waals surface area contributed by atoms with Crippen molar-refractivity contribution in [3.63, 3.8) is 0 Å². The molecule has 0 aromatic carbocycles. The van der Waals surface area contributed by atoms with Gasteiger partial charge in [0.25, 0.3) is 0 Å². The molecule has 1 aliphatic rings. The van der Waals surface area contributed by atoms with E-state index in [1.54, 1.807) is 7.11 Å². The third-order valence-corrected chi connectivity index (χ3v) is 3.60. The molecule has 0 heterocycles. The van der Waals surface area contributed by atoms with E-state index in [1.165, 1.54) is 6.42 Å². The summed E-state index contributed by atoms with van der Waals surface area (Å²) in [5.41, 5.74) is -0.106. The summed E-state index contributed by atoms with van der Waals surface area (Å²) in [6.45, 7) is 6.68. The molecule has 0 saturated heterocycles. The molecule has 1 rings (SSSR count). The Bertz CT molecular complexity index is 238. The first-order valence-corrected chi connectivity index (χ1v) is 6.19. The molecule has 0 aromatic rings. The van der Waals surface area contributed by atoms with Gasteiger partial charge in [0.05, 0.1) is 6.61 Å². The number of hydrogen-bond donors (Lipinski definition) is 0. The highest BCUT2D eigenvalue weighted by Crippen LogP contribution is 2.35. The first-order chi connectivity index (χ1) is 7.47. The molecule has 0 aromatic heterocycles. The molecule has 94 valence electrons. The van der Waals surface area contributed by atoms with Gasteiger partial charge in [-0.1, -0.05) is 20.3 Å².